The SMILES string of the molecule is COc1cc(OC)c([C@H](CF)N2CCNCC2)cc1OC.Cl.Cl. The molecule has 1 aliphatic rings. The smallest absolute Gasteiger partial charge is 0.164 e. The molecule has 1 aromatic carbocycles. The predicted molar refractivity (Wildman–Crippen MR) is 93.8 cm³/mol. The largest absolute Gasteiger partial charge is 0.496 e. The summed E-state index contributed by atoms with van der Waals surface area (Å²) in [6.45, 7) is 2.89. The number of ether oxygens (including phenoxy) is 3. The van der Waals surface area contributed by atoms with E-state index in [4.69, 9.17) is 14.2 Å². The van der Waals surface area contributed by atoms with E-state index >= 15 is 0 Å². The Bertz CT molecular complexity index is 474. The van der Waals surface area contributed by atoms with Crippen LogP contribution >= 0.6 is 24.8 Å². The van der Waals surface area contributed by atoms with Crippen LogP contribution in [0.1, 0.15) is 11.6 Å². The Kier molecular flexibility index (Phi) is 10.3. The van der Waals surface area contributed by atoms with E-state index < -0.39 is 6.67 Å². The molecule has 1 aliphatic heterocycles. The molecule has 8 heteroatoms. The van der Waals surface area contributed by atoms with Crippen molar-refractivity contribution in [2.24, 2.45) is 0 Å². The monoisotopic (exact) mass is 370 g/mol. The zero-order valence-corrected chi connectivity index (χ0v) is 15.3. The van der Waals surface area contributed by atoms with Crippen molar-refractivity contribution in [3.63, 3.8) is 0 Å². The first kappa shape index (κ1) is 22.1. The van der Waals surface area contributed by atoms with Gasteiger partial charge in [0.1, 0.15) is 12.4 Å². The maximum atomic E-state index is 13.7. The van der Waals surface area contributed by atoms with Gasteiger partial charge < -0.3 is 19.5 Å². The van der Waals surface area contributed by atoms with Gasteiger partial charge in [0.2, 0.25) is 0 Å². The maximum Gasteiger partial charge on any atom is 0.164 e. The zero-order chi connectivity index (χ0) is 15.2. The van der Waals surface area contributed by atoms with Crippen LogP contribution in [0.3, 0.4) is 0 Å². The molecule has 1 heterocycles. The topological polar surface area (TPSA) is 43.0 Å². The second-order valence-electron chi connectivity index (χ2n) is 4.91. The van der Waals surface area contributed by atoms with Gasteiger partial charge in [0.25, 0.3) is 0 Å². The molecule has 0 bridgehead atoms. The summed E-state index contributed by atoms with van der Waals surface area (Å²) in [7, 11) is 4.72. The molecule has 0 unspecified atom stereocenters. The normalized spacial score (nSPS) is 15.8. The summed E-state index contributed by atoms with van der Waals surface area (Å²) in [4.78, 5) is 2.13. The van der Waals surface area contributed by atoms with Crippen LogP contribution < -0.4 is 19.5 Å². The molecule has 1 atom stereocenters. The molecule has 1 saturated heterocycles. The molecule has 1 fully saturated rings. The fourth-order valence-electron chi connectivity index (χ4n) is 2.68. The first-order valence-electron chi connectivity index (χ1n) is 7.05. The molecule has 1 N–H and O–H groups in total. The number of hydrogen-bond donors (Lipinski definition) is 1. The number of hydrogen-bond acceptors (Lipinski definition) is 5. The van der Waals surface area contributed by atoms with Crippen molar-refractivity contribution in [1.29, 1.82) is 0 Å². The van der Waals surface area contributed by atoms with Crippen LogP contribution in [0.2, 0.25) is 0 Å². The van der Waals surface area contributed by atoms with Crippen molar-refractivity contribution in [1.82, 2.24) is 10.2 Å². The Labute approximate surface area is 149 Å². The molecular weight excluding hydrogens is 346 g/mol. The van der Waals surface area contributed by atoms with Gasteiger partial charge in [-0.05, 0) is 6.07 Å². The molecule has 0 aliphatic carbocycles. The maximum absolute atomic E-state index is 13.7. The molecule has 0 amide bonds. The Hall–Kier alpha value is -0.950. The Morgan fingerprint density at radius 2 is 1.52 bits per heavy atom. The number of nitrogens with zero attached hydrogens (tertiary/aromatic N) is 1. The number of methoxy groups -OCH3 is 3. The summed E-state index contributed by atoms with van der Waals surface area (Å²) in [6.07, 6.45) is 0. The number of benzene rings is 1. The highest BCUT2D eigenvalue weighted by Gasteiger charge is 2.26. The number of rotatable bonds is 6. The van der Waals surface area contributed by atoms with Gasteiger partial charge in [-0.1, -0.05) is 0 Å². The van der Waals surface area contributed by atoms with E-state index in [2.05, 4.69) is 10.2 Å². The lowest BCUT2D eigenvalue weighted by Crippen LogP contribution is -2.45. The molecule has 5 nitrogen and oxygen atoms in total. The molecular formula is C15H25Cl2FN2O3. The summed E-state index contributed by atoms with van der Waals surface area (Å²) in [5.74, 6) is 1.78. The van der Waals surface area contributed by atoms with E-state index in [9.17, 15) is 4.39 Å². The highest BCUT2D eigenvalue weighted by atomic mass is 35.5. The van der Waals surface area contributed by atoms with Gasteiger partial charge in [0.05, 0.1) is 27.4 Å². The lowest BCUT2D eigenvalue weighted by molar-refractivity contribution is 0.144. The molecule has 2 rings (SSSR count). The Balaban J connectivity index is 0.00000242. The summed E-state index contributed by atoms with van der Waals surface area (Å²) >= 11 is 0. The van der Waals surface area contributed by atoms with E-state index in [1.807, 2.05) is 6.07 Å². The second kappa shape index (κ2) is 10.8. The number of nitrogens with one attached hydrogen (secondary N) is 1. The van der Waals surface area contributed by atoms with Crippen molar-refractivity contribution in [3.05, 3.63) is 17.7 Å². The lowest BCUT2D eigenvalue weighted by atomic mass is 10.0. The van der Waals surface area contributed by atoms with Crippen molar-refractivity contribution in [2.45, 2.75) is 6.04 Å². The highest BCUT2D eigenvalue weighted by Crippen LogP contribution is 2.39. The summed E-state index contributed by atoms with van der Waals surface area (Å²) in [5, 5.41) is 3.27. The molecule has 0 spiro atoms. The Morgan fingerprint density at radius 3 is 2.00 bits per heavy atom. The fraction of sp³-hybridized carbons (Fsp3) is 0.600. The van der Waals surface area contributed by atoms with Gasteiger partial charge in [-0.2, -0.15) is 0 Å². The van der Waals surface area contributed by atoms with Crippen LogP contribution in [0.15, 0.2) is 12.1 Å². The second-order valence-corrected chi connectivity index (χ2v) is 4.91. The van der Waals surface area contributed by atoms with Crippen molar-refractivity contribution in [3.8, 4) is 17.2 Å². The van der Waals surface area contributed by atoms with E-state index in [0.29, 0.717) is 17.2 Å². The van der Waals surface area contributed by atoms with Crippen molar-refractivity contribution in [2.75, 3.05) is 54.2 Å². The van der Waals surface area contributed by atoms with Gasteiger partial charge in [-0.25, -0.2) is 4.39 Å². The van der Waals surface area contributed by atoms with Crippen LogP contribution in [-0.4, -0.2) is 59.1 Å². The van der Waals surface area contributed by atoms with Crippen LogP contribution in [0, 0.1) is 0 Å². The molecule has 23 heavy (non-hydrogen) atoms. The van der Waals surface area contributed by atoms with Gasteiger partial charge in [-0.15, -0.1) is 24.8 Å². The molecule has 134 valence electrons. The fourth-order valence-corrected chi connectivity index (χ4v) is 2.68. The number of alkyl halides is 1. The molecule has 1 aromatic rings. The number of piperazine rings is 1. The van der Waals surface area contributed by atoms with Gasteiger partial charge >= 0.3 is 0 Å². The molecule has 0 radical (unpaired) electrons. The zero-order valence-electron chi connectivity index (χ0n) is 13.6. The summed E-state index contributed by atoms with van der Waals surface area (Å²) in [6, 6.07) is 3.23. The third kappa shape index (κ3) is 5.01. The van der Waals surface area contributed by atoms with Crippen molar-refractivity contribution >= 4 is 24.8 Å². The third-order valence-corrected chi connectivity index (χ3v) is 3.83. The Morgan fingerprint density at radius 1 is 1.00 bits per heavy atom. The summed E-state index contributed by atoms with van der Waals surface area (Å²) in [5.41, 5.74) is 0.791. The van der Waals surface area contributed by atoms with Gasteiger partial charge in [0, 0.05) is 37.8 Å². The minimum Gasteiger partial charge on any atom is -0.496 e. The van der Waals surface area contributed by atoms with Gasteiger partial charge in [-0.3, -0.25) is 4.90 Å². The average molecular weight is 371 g/mol. The van der Waals surface area contributed by atoms with E-state index in [0.717, 1.165) is 31.7 Å². The van der Waals surface area contributed by atoms with E-state index in [-0.39, 0.29) is 30.9 Å². The minimum absolute atomic E-state index is 0. The average Bonchev–Trinajstić information content (AvgIpc) is 2.56. The number of halogens is 3. The summed E-state index contributed by atoms with van der Waals surface area (Å²) < 4.78 is 29.7. The van der Waals surface area contributed by atoms with Gasteiger partial charge in [0.15, 0.2) is 11.5 Å². The highest BCUT2D eigenvalue weighted by molar-refractivity contribution is 5.85. The van der Waals surface area contributed by atoms with Crippen molar-refractivity contribution < 1.29 is 18.6 Å². The van der Waals surface area contributed by atoms with E-state index in [1.54, 1.807) is 27.4 Å². The van der Waals surface area contributed by atoms with Crippen LogP contribution in [0.25, 0.3) is 0 Å². The first-order valence-corrected chi connectivity index (χ1v) is 7.05. The van der Waals surface area contributed by atoms with Crippen LogP contribution in [-0.2, 0) is 0 Å². The minimum atomic E-state index is -0.466. The van der Waals surface area contributed by atoms with E-state index in [1.165, 1.54) is 0 Å². The first-order chi connectivity index (χ1) is 10.2. The lowest BCUT2D eigenvalue weighted by Gasteiger charge is -2.34. The third-order valence-electron chi connectivity index (χ3n) is 3.83. The molecule has 0 aromatic heterocycles. The van der Waals surface area contributed by atoms with Crippen LogP contribution in [0.4, 0.5) is 4.39 Å². The van der Waals surface area contributed by atoms with Crippen LogP contribution in [0.5, 0.6) is 17.2 Å². The molecule has 0 saturated carbocycles. The quantitative estimate of drug-likeness (QED) is 0.832. The predicted octanol–water partition coefficient (Wildman–Crippen LogP) is 2.47. The standard InChI is InChI=1S/C15H23FN2O3.2ClH/c1-19-13-9-15(21-3)14(20-2)8-11(13)12(10-16)18-6-4-17-5-7-18;;/h8-9,12,17H,4-7,10H2,1-3H3;2*1H/t12-;;/m0../s1.